The molecule has 0 aromatic rings. The summed E-state index contributed by atoms with van der Waals surface area (Å²) < 4.78 is 0. The molecule has 0 aromatic heterocycles. The zero-order valence-electron chi connectivity index (χ0n) is 4.41. The second-order valence-corrected chi connectivity index (χ2v) is 1.61. The molecule has 0 amide bonds. The number of hydrogen-bond donors (Lipinski definition) is 0. The number of rotatable bonds is 0. The molecule has 1 atom stereocenters. The van der Waals surface area contributed by atoms with Crippen LogP contribution in [-0.2, 0) is 0 Å². The van der Waals surface area contributed by atoms with Crippen molar-refractivity contribution in [2.75, 3.05) is 0 Å². The van der Waals surface area contributed by atoms with Crippen molar-refractivity contribution < 1.29 is 0 Å². The van der Waals surface area contributed by atoms with Gasteiger partial charge in [0.25, 0.3) is 0 Å². The Morgan fingerprint density at radius 2 is 2.62 bits per heavy atom. The molecule has 0 spiro atoms. The highest BCUT2D eigenvalue weighted by molar-refractivity contribution is 5.72. The molecule has 8 heavy (non-hydrogen) atoms. The largest absolute Gasteiger partial charge is 0.274 e. The Bertz CT molecular complexity index is 162. The summed E-state index contributed by atoms with van der Waals surface area (Å²) in [6.45, 7) is 0. The van der Waals surface area contributed by atoms with Crippen LogP contribution in [0.3, 0.4) is 0 Å². The topological polar surface area (TPSA) is 36.1 Å². The molecule has 1 aliphatic heterocycles. The van der Waals surface area contributed by atoms with E-state index in [1.54, 1.807) is 6.21 Å². The Hall–Kier alpha value is -1.10. The maximum absolute atomic E-state index is 8.29. The Balaban J connectivity index is 2.55. The number of hydrogen-bond acceptors (Lipinski definition) is 2. The van der Waals surface area contributed by atoms with E-state index >= 15 is 0 Å². The van der Waals surface area contributed by atoms with Crippen LogP contribution in [0.25, 0.3) is 0 Å². The van der Waals surface area contributed by atoms with Gasteiger partial charge in [-0.2, -0.15) is 5.26 Å². The van der Waals surface area contributed by atoms with Crippen molar-refractivity contribution in [3.8, 4) is 6.07 Å². The Labute approximate surface area is 48.2 Å². The van der Waals surface area contributed by atoms with E-state index in [0.29, 0.717) is 0 Å². The van der Waals surface area contributed by atoms with Crippen LogP contribution in [0.15, 0.2) is 17.1 Å². The van der Waals surface area contributed by atoms with Gasteiger partial charge < -0.3 is 0 Å². The van der Waals surface area contributed by atoms with E-state index in [0.717, 1.165) is 6.42 Å². The van der Waals surface area contributed by atoms with Crippen LogP contribution in [-0.4, -0.2) is 12.3 Å². The van der Waals surface area contributed by atoms with Crippen molar-refractivity contribution in [3.05, 3.63) is 12.2 Å². The van der Waals surface area contributed by atoms with Crippen molar-refractivity contribution in [2.24, 2.45) is 4.99 Å². The molecule has 0 aromatic carbocycles. The third kappa shape index (κ3) is 0.941. The summed E-state index contributed by atoms with van der Waals surface area (Å²) in [6.07, 6.45) is 6.24. The number of dihydropyridines is 1. The van der Waals surface area contributed by atoms with Gasteiger partial charge in [-0.05, 0) is 6.08 Å². The summed E-state index contributed by atoms with van der Waals surface area (Å²) >= 11 is 0. The van der Waals surface area contributed by atoms with Crippen LogP contribution in [0, 0.1) is 11.3 Å². The fourth-order valence-corrected chi connectivity index (χ4v) is 0.569. The van der Waals surface area contributed by atoms with E-state index in [2.05, 4.69) is 11.1 Å². The first-order valence-corrected chi connectivity index (χ1v) is 2.51. The number of nitrogens with zero attached hydrogens (tertiary/aromatic N) is 2. The summed E-state index contributed by atoms with van der Waals surface area (Å²) in [7, 11) is 0. The smallest absolute Gasteiger partial charge is 0.140 e. The molecular formula is C6H6N2. The lowest BCUT2D eigenvalue weighted by atomic mass is 10.2. The van der Waals surface area contributed by atoms with Crippen molar-refractivity contribution in [2.45, 2.75) is 12.5 Å². The molecule has 40 valence electrons. The quantitative estimate of drug-likeness (QED) is 0.452. The van der Waals surface area contributed by atoms with Crippen molar-refractivity contribution in [1.82, 2.24) is 0 Å². The summed E-state index contributed by atoms with van der Waals surface area (Å²) in [6, 6.07) is 1.93. The van der Waals surface area contributed by atoms with Crippen molar-refractivity contribution in [3.63, 3.8) is 0 Å². The molecule has 1 heterocycles. The molecule has 0 aliphatic carbocycles. The van der Waals surface area contributed by atoms with E-state index in [1.807, 2.05) is 12.2 Å². The van der Waals surface area contributed by atoms with Crippen LogP contribution in [0.4, 0.5) is 0 Å². The van der Waals surface area contributed by atoms with Crippen molar-refractivity contribution >= 4 is 6.21 Å². The lowest BCUT2D eigenvalue weighted by molar-refractivity contribution is 0.846. The third-order valence-corrected chi connectivity index (χ3v) is 0.997. The zero-order chi connectivity index (χ0) is 5.82. The summed E-state index contributed by atoms with van der Waals surface area (Å²) in [4.78, 5) is 3.88. The van der Waals surface area contributed by atoms with Gasteiger partial charge in [-0.3, -0.25) is 4.99 Å². The third-order valence-electron chi connectivity index (χ3n) is 0.997. The molecule has 2 nitrogen and oxygen atoms in total. The molecule has 2 heteroatoms. The van der Waals surface area contributed by atoms with Crippen LogP contribution in [0.2, 0.25) is 0 Å². The first kappa shape index (κ1) is 5.04. The molecule has 0 saturated carbocycles. The van der Waals surface area contributed by atoms with Gasteiger partial charge in [-0.1, -0.05) is 6.08 Å². The predicted octanol–water partition coefficient (Wildman–Crippen LogP) is 0.909. The van der Waals surface area contributed by atoms with Gasteiger partial charge in [0.15, 0.2) is 0 Å². The normalized spacial score (nSPS) is 25.1. The maximum atomic E-state index is 8.29. The maximum Gasteiger partial charge on any atom is 0.140 e. The highest BCUT2D eigenvalue weighted by Crippen LogP contribution is 2.00. The minimum absolute atomic E-state index is 0.125. The summed E-state index contributed by atoms with van der Waals surface area (Å²) in [5, 5.41) is 8.29. The second-order valence-electron chi connectivity index (χ2n) is 1.61. The molecule has 1 unspecified atom stereocenters. The Morgan fingerprint density at radius 3 is 3.00 bits per heavy atom. The lowest BCUT2D eigenvalue weighted by Gasteiger charge is -1.99. The van der Waals surface area contributed by atoms with E-state index < -0.39 is 0 Å². The molecular weight excluding hydrogens is 100 g/mol. The van der Waals surface area contributed by atoms with Gasteiger partial charge in [-0.25, -0.2) is 0 Å². The van der Waals surface area contributed by atoms with Crippen LogP contribution >= 0.6 is 0 Å². The monoisotopic (exact) mass is 106 g/mol. The molecule has 0 N–H and O–H groups in total. The summed E-state index contributed by atoms with van der Waals surface area (Å²) in [5.41, 5.74) is 0. The SMILES string of the molecule is N#CC1CC=CC=N1. The van der Waals surface area contributed by atoms with Crippen LogP contribution < -0.4 is 0 Å². The molecule has 1 rings (SSSR count). The fraction of sp³-hybridized carbons (Fsp3) is 0.333. The van der Waals surface area contributed by atoms with Gasteiger partial charge in [-0.15, -0.1) is 0 Å². The van der Waals surface area contributed by atoms with Gasteiger partial charge in [0, 0.05) is 12.6 Å². The van der Waals surface area contributed by atoms with Gasteiger partial charge in [0.2, 0.25) is 0 Å². The molecule has 0 bridgehead atoms. The second kappa shape index (κ2) is 2.27. The number of aliphatic imine (C=N–C) groups is 1. The Morgan fingerprint density at radius 1 is 1.75 bits per heavy atom. The fourth-order valence-electron chi connectivity index (χ4n) is 0.569. The molecule has 0 saturated heterocycles. The average Bonchev–Trinajstić information content (AvgIpc) is 1.90. The lowest BCUT2D eigenvalue weighted by Crippen LogP contribution is -2.01. The zero-order valence-corrected chi connectivity index (χ0v) is 4.41. The van der Waals surface area contributed by atoms with Crippen LogP contribution in [0.1, 0.15) is 6.42 Å². The van der Waals surface area contributed by atoms with E-state index in [-0.39, 0.29) is 6.04 Å². The molecule has 1 aliphatic rings. The van der Waals surface area contributed by atoms with Gasteiger partial charge in [0.05, 0.1) is 6.07 Å². The molecule has 0 radical (unpaired) electrons. The highest BCUT2D eigenvalue weighted by atomic mass is 14.8. The van der Waals surface area contributed by atoms with Gasteiger partial charge in [0.1, 0.15) is 6.04 Å². The Kier molecular flexibility index (Phi) is 1.43. The number of allylic oxidation sites excluding steroid dienone is 1. The average molecular weight is 106 g/mol. The minimum atomic E-state index is -0.125. The van der Waals surface area contributed by atoms with Gasteiger partial charge >= 0.3 is 0 Å². The predicted molar refractivity (Wildman–Crippen MR) is 31.6 cm³/mol. The highest BCUT2D eigenvalue weighted by Gasteiger charge is 2.00. The standard InChI is InChI=1S/C6H6N2/c7-5-6-3-1-2-4-8-6/h1-2,4,6H,3H2. The van der Waals surface area contributed by atoms with Crippen LogP contribution in [0.5, 0.6) is 0 Å². The van der Waals surface area contributed by atoms with Crippen molar-refractivity contribution in [1.29, 1.82) is 5.26 Å². The summed E-state index contributed by atoms with van der Waals surface area (Å²) in [5.74, 6) is 0. The first-order chi connectivity index (χ1) is 3.93. The van der Waals surface area contributed by atoms with E-state index in [4.69, 9.17) is 5.26 Å². The van der Waals surface area contributed by atoms with E-state index in [9.17, 15) is 0 Å². The number of nitriles is 1. The van der Waals surface area contributed by atoms with E-state index in [1.165, 1.54) is 0 Å². The minimum Gasteiger partial charge on any atom is -0.274 e. The molecule has 0 fully saturated rings. The first-order valence-electron chi connectivity index (χ1n) is 2.51.